The highest BCUT2D eigenvalue weighted by Gasteiger charge is 2.14. The molecule has 1 aromatic carbocycles. The summed E-state index contributed by atoms with van der Waals surface area (Å²) in [5.74, 6) is -0.564. The number of hydrogen-bond donors (Lipinski definition) is 1. The second-order valence-electron chi connectivity index (χ2n) is 5.45. The summed E-state index contributed by atoms with van der Waals surface area (Å²) in [6.45, 7) is 0. The molecule has 0 aliphatic heterocycles. The molecular formula is C19H17NO3S2. The van der Waals surface area contributed by atoms with Crippen LogP contribution in [0.5, 0.6) is 0 Å². The standard InChI is InChI=1S/C19H17NO3S2/c1-23-19(22)16-11-25-12-17(16)20-18(21)7-4-13-2-5-14(6-3-13)15-8-9-24-10-15/h2-3,5-6,8-12H,4,7H2,1H3,(H,20,21). The zero-order valence-electron chi connectivity index (χ0n) is 13.7. The number of nitrogens with one attached hydrogen (secondary N) is 1. The monoisotopic (exact) mass is 371 g/mol. The molecule has 0 radical (unpaired) electrons. The highest BCUT2D eigenvalue weighted by molar-refractivity contribution is 7.08. The fourth-order valence-corrected chi connectivity index (χ4v) is 3.84. The van der Waals surface area contributed by atoms with Crippen LogP contribution < -0.4 is 5.32 Å². The van der Waals surface area contributed by atoms with E-state index in [1.807, 2.05) is 12.1 Å². The molecule has 0 saturated heterocycles. The van der Waals surface area contributed by atoms with Crippen molar-refractivity contribution < 1.29 is 14.3 Å². The molecule has 2 heterocycles. The van der Waals surface area contributed by atoms with E-state index in [9.17, 15) is 9.59 Å². The van der Waals surface area contributed by atoms with Gasteiger partial charge in [0.25, 0.3) is 0 Å². The Hall–Kier alpha value is -2.44. The molecule has 0 aliphatic carbocycles. The summed E-state index contributed by atoms with van der Waals surface area (Å²) >= 11 is 3.03. The molecular weight excluding hydrogens is 354 g/mol. The van der Waals surface area contributed by atoms with Gasteiger partial charge in [-0.15, -0.1) is 11.3 Å². The third kappa shape index (κ3) is 4.35. The van der Waals surface area contributed by atoms with Crippen molar-refractivity contribution in [2.45, 2.75) is 12.8 Å². The molecule has 3 rings (SSSR count). The zero-order valence-corrected chi connectivity index (χ0v) is 15.3. The lowest BCUT2D eigenvalue weighted by atomic mass is 10.0. The zero-order chi connectivity index (χ0) is 17.6. The predicted molar refractivity (Wildman–Crippen MR) is 102 cm³/mol. The summed E-state index contributed by atoms with van der Waals surface area (Å²) in [6, 6.07) is 10.3. The van der Waals surface area contributed by atoms with Crippen molar-refractivity contribution in [1.82, 2.24) is 0 Å². The Balaban J connectivity index is 1.56. The molecule has 0 atom stereocenters. The number of aryl methyl sites for hydroxylation is 1. The van der Waals surface area contributed by atoms with E-state index in [4.69, 9.17) is 4.74 Å². The second-order valence-corrected chi connectivity index (χ2v) is 6.97. The topological polar surface area (TPSA) is 55.4 Å². The van der Waals surface area contributed by atoms with E-state index in [-0.39, 0.29) is 5.91 Å². The van der Waals surface area contributed by atoms with Crippen LogP contribution in [-0.2, 0) is 16.0 Å². The first-order valence-corrected chi connectivity index (χ1v) is 9.62. The molecule has 0 fully saturated rings. The highest BCUT2D eigenvalue weighted by atomic mass is 32.1. The third-order valence-corrected chi connectivity index (χ3v) is 5.22. The Morgan fingerprint density at radius 2 is 1.80 bits per heavy atom. The van der Waals surface area contributed by atoms with Gasteiger partial charge in [-0.1, -0.05) is 24.3 Å². The lowest BCUT2D eigenvalue weighted by Crippen LogP contribution is -2.14. The molecule has 128 valence electrons. The number of carbonyl (C=O) groups is 2. The quantitative estimate of drug-likeness (QED) is 0.631. The number of anilines is 1. The molecule has 3 aromatic rings. The number of ether oxygens (including phenoxy) is 1. The maximum atomic E-state index is 12.1. The Morgan fingerprint density at radius 3 is 2.48 bits per heavy atom. The minimum absolute atomic E-state index is 0.120. The van der Waals surface area contributed by atoms with Crippen LogP contribution in [0.3, 0.4) is 0 Å². The Labute approximate surface area is 154 Å². The normalized spacial score (nSPS) is 10.4. The average Bonchev–Trinajstić information content (AvgIpc) is 3.32. The van der Waals surface area contributed by atoms with Crippen molar-refractivity contribution >= 4 is 40.2 Å². The van der Waals surface area contributed by atoms with Crippen molar-refractivity contribution in [3.8, 4) is 11.1 Å². The van der Waals surface area contributed by atoms with Crippen LogP contribution >= 0.6 is 22.7 Å². The molecule has 0 saturated carbocycles. The summed E-state index contributed by atoms with van der Waals surface area (Å²) in [6.07, 6.45) is 1.00. The largest absolute Gasteiger partial charge is 0.465 e. The molecule has 2 aromatic heterocycles. The van der Waals surface area contributed by atoms with E-state index in [0.717, 1.165) is 5.56 Å². The Kier molecular flexibility index (Phi) is 5.63. The molecule has 1 N–H and O–H groups in total. The molecule has 0 unspecified atom stereocenters. The van der Waals surface area contributed by atoms with Gasteiger partial charge in [0, 0.05) is 17.2 Å². The van der Waals surface area contributed by atoms with Gasteiger partial charge in [-0.25, -0.2) is 4.79 Å². The van der Waals surface area contributed by atoms with Gasteiger partial charge in [0.05, 0.1) is 18.4 Å². The van der Waals surface area contributed by atoms with Gasteiger partial charge in [0.15, 0.2) is 0 Å². The van der Waals surface area contributed by atoms with E-state index >= 15 is 0 Å². The van der Waals surface area contributed by atoms with E-state index < -0.39 is 5.97 Å². The first-order valence-electron chi connectivity index (χ1n) is 7.73. The van der Waals surface area contributed by atoms with Crippen molar-refractivity contribution in [1.29, 1.82) is 0 Å². The van der Waals surface area contributed by atoms with E-state index in [1.54, 1.807) is 22.1 Å². The Bertz CT molecular complexity index is 851. The molecule has 4 nitrogen and oxygen atoms in total. The number of esters is 1. The van der Waals surface area contributed by atoms with Crippen LogP contribution in [0, 0.1) is 0 Å². The van der Waals surface area contributed by atoms with Crippen LogP contribution in [0.1, 0.15) is 22.3 Å². The smallest absolute Gasteiger partial charge is 0.340 e. The number of carbonyl (C=O) groups excluding carboxylic acids is 2. The minimum atomic E-state index is -0.444. The van der Waals surface area contributed by atoms with Gasteiger partial charge >= 0.3 is 5.97 Å². The predicted octanol–water partition coefficient (Wildman–Crippen LogP) is 4.83. The number of methoxy groups -OCH3 is 1. The number of hydrogen-bond acceptors (Lipinski definition) is 5. The number of thiophene rings is 2. The maximum Gasteiger partial charge on any atom is 0.340 e. The van der Waals surface area contributed by atoms with Gasteiger partial charge in [0.2, 0.25) is 5.91 Å². The van der Waals surface area contributed by atoms with Crippen LogP contribution in [0.4, 0.5) is 5.69 Å². The fraction of sp³-hybridized carbons (Fsp3) is 0.158. The van der Waals surface area contributed by atoms with Gasteiger partial charge in [-0.05, 0) is 39.9 Å². The first-order chi connectivity index (χ1) is 12.2. The average molecular weight is 371 g/mol. The van der Waals surface area contributed by atoms with Crippen LogP contribution in [0.15, 0.2) is 51.9 Å². The van der Waals surface area contributed by atoms with Gasteiger partial charge in [0.1, 0.15) is 0 Å². The molecule has 1 amide bonds. The third-order valence-electron chi connectivity index (χ3n) is 3.79. The van der Waals surface area contributed by atoms with Crippen molar-refractivity contribution in [2.24, 2.45) is 0 Å². The van der Waals surface area contributed by atoms with Crippen LogP contribution in [0.2, 0.25) is 0 Å². The highest BCUT2D eigenvalue weighted by Crippen LogP contribution is 2.23. The van der Waals surface area contributed by atoms with Crippen molar-refractivity contribution in [3.05, 3.63) is 63.0 Å². The van der Waals surface area contributed by atoms with Gasteiger partial charge in [-0.3, -0.25) is 4.79 Å². The summed E-state index contributed by atoms with van der Waals surface area (Å²) in [5.41, 5.74) is 4.39. The van der Waals surface area contributed by atoms with Crippen LogP contribution in [-0.4, -0.2) is 19.0 Å². The Morgan fingerprint density at radius 1 is 1.00 bits per heavy atom. The van der Waals surface area contributed by atoms with E-state index in [2.05, 4.69) is 34.3 Å². The van der Waals surface area contributed by atoms with Crippen LogP contribution in [0.25, 0.3) is 11.1 Å². The molecule has 0 bridgehead atoms. The SMILES string of the molecule is COC(=O)c1cscc1NC(=O)CCc1ccc(-c2ccsc2)cc1. The van der Waals surface area contributed by atoms with Gasteiger partial charge < -0.3 is 10.1 Å². The van der Waals surface area contributed by atoms with E-state index in [0.29, 0.717) is 24.1 Å². The summed E-state index contributed by atoms with van der Waals surface area (Å²) in [7, 11) is 1.32. The molecule has 25 heavy (non-hydrogen) atoms. The van der Waals surface area contributed by atoms with Gasteiger partial charge in [-0.2, -0.15) is 11.3 Å². The van der Waals surface area contributed by atoms with Crippen molar-refractivity contribution in [2.75, 3.05) is 12.4 Å². The number of benzene rings is 1. The van der Waals surface area contributed by atoms with Crippen molar-refractivity contribution in [3.63, 3.8) is 0 Å². The van der Waals surface area contributed by atoms with E-state index in [1.165, 1.54) is 29.6 Å². The summed E-state index contributed by atoms with van der Waals surface area (Å²) < 4.78 is 4.71. The number of rotatable bonds is 6. The molecule has 0 aliphatic rings. The fourth-order valence-electron chi connectivity index (χ4n) is 2.43. The molecule has 6 heteroatoms. The summed E-state index contributed by atoms with van der Waals surface area (Å²) in [4.78, 5) is 23.8. The first kappa shape index (κ1) is 17.4. The second kappa shape index (κ2) is 8.09. The maximum absolute atomic E-state index is 12.1. The summed E-state index contributed by atoms with van der Waals surface area (Å²) in [5, 5.41) is 10.4. The number of amides is 1. The lowest BCUT2D eigenvalue weighted by Gasteiger charge is -2.06. The lowest BCUT2D eigenvalue weighted by molar-refractivity contribution is -0.116. The minimum Gasteiger partial charge on any atom is -0.465 e. The molecule has 0 spiro atoms.